The predicted octanol–water partition coefficient (Wildman–Crippen LogP) is 4.49. The van der Waals surface area contributed by atoms with Crippen LogP contribution in [0, 0.1) is 6.92 Å². The molecule has 5 rings (SSSR count). The van der Waals surface area contributed by atoms with Gasteiger partial charge in [0.25, 0.3) is 0 Å². The molecule has 8 heteroatoms. The zero-order valence-corrected chi connectivity index (χ0v) is 18.7. The molecule has 0 spiro atoms. The highest BCUT2D eigenvalue weighted by Crippen LogP contribution is 2.31. The summed E-state index contributed by atoms with van der Waals surface area (Å²) < 4.78 is 9.52. The maximum Gasteiger partial charge on any atom is 0.238 e. The predicted molar refractivity (Wildman–Crippen MR) is 124 cm³/mol. The van der Waals surface area contributed by atoms with E-state index in [4.69, 9.17) is 19.8 Å². The largest absolute Gasteiger partial charge is 0.479 e. The van der Waals surface area contributed by atoms with Gasteiger partial charge < -0.3 is 14.6 Å². The molecule has 1 N–H and O–H groups in total. The molecule has 1 aliphatic carbocycles. The van der Waals surface area contributed by atoms with Crippen LogP contribution in [0.25, 0.3) is 17.1 Å². The second kappa shape index (κ2) is 8.45. The van der Waals surface area contributed by atoms with Crippen molar-refractivity contribution in [3.8, 4) is 23.0 Å². The Bertz CT molecular complexity index is 1260. The summed E-state index contributed by atoms with van der Waals surface area (Å²) in [6, 6.07) is 9.86. The lowest BCUT2D eigenvalue weighted by Gasteiger charge is -2.14. The van der Waals surface area contributed by atoms with Crippen LogP contribution in [0.5, 0.6) is 5.88 Å². The van der Waals surface area contributed by atoms with Gasteiger partial charge in [-0.1, -0.05) is 6.07 Å². The van der Waals surface area contributed by atoms with Crippen LogP contribution in [-0.4, -0.2) is 36.4 Å². The lowest BCUT2D eigenvalue weighted by Crippen LogP contribution is -2.06. The minimum Gasteiger partial charge on any atom is -0.479 e. The zero-order valence-electron chi connectivity index (χ0n) is 18.7. The van der Waals surface area contributed by atoms with Crippen LogP contribution in [0.15, 0.2) is 42.9 Å². The first-order valence-corrected chi connectivity index (χ1v) is 11.0. The van der Waals surface area contributed by atoms with Gasteiger partial charge in [0.15, 0.2) is 0 Å². The number of fused-ring (bicyclic) bond motifs is 1. The van der Waals surface area contributed by atoms with Gasteiger partial charge >= 0.3 is 0 Å². The van der Waals surface area contributed by atoms with Crippen molar-refractivity contribution in [1.29, 1.82) is 0 Å². The number of aryl methyl sites for hydroxylation is 3. The first kappa shape index (κ1) is 20.2. The fourth-order valence-electron chi connectivity index (χ4n) is 4.22. The highest BCUT2D eigenvalue weighted by atomic mass is 16.5. The van der Waals surface area contributed by atoms with Crippen LogP contribution in [0.4, 0.5) is 11.6 Å². The number of methoxy groups -OCH3 is 1. The third-order valence-electron chi connectivity index (χ3n) is 5.81. The molecule has 0 saturated carbocycles. The van der Waals surface area contributed by atoms with Gasteiger partial charge in [0.2, 0.25) is 5.88 Å². The van der Waals surface area contributed by atoms with E-state index in [0.717, 1.165) is 53.8 Å². The maximum atomic E-state index is 5.56. The number of hydrogen-bond acceptors (Lipinski definition) is 6. The molecule has 4 heterocycles. The average Bonchev–Trinajstić information content (AvgIpc) is 3.42. The van der Waals surface area contributed by atoms with Gasteiger partial charge in [-0.2, -0.15) is 5.10 Å². The molecule has 32 heavy (non-hydrogen) atoms. The number of rotatable bonds is 6. The Labute approximate surface area is 187 Å². The van der Waals surface area contributed by atoms with Crippen molar-refractivity contribution >= 4 is 11.6 Å². The van der Waals surface area contributed by atoms with Crippen molar-refractivity contribution < 1.29 is 4.74 Å². The summed E-state index contributed by atoms with van der Waals surface area (Å²) in [7, 11) is 1.62. The summed E-state index contributed by atoms with van der Waals surface area (Å²) in [6.45, 7) is 4.89. The molecule has 8 nitrogen and oxygen atoms in total. The lowest BCUT2D eigenvalue weighted by atomic mass is 9.97. The van der Waals surface area contributed by atoms with E-state index in [-0.39, 0.29) is 0 Å². The van der Waals surface area contributed by atoms with E-state index in [1.807, 2.05) is 52.7 Å². The van der Waals surface area contributed by atoms with E-state index in [0.29, 0.717) is 5.88 Å². The summed E-state index contributed by atoms with van der Waals surface area (Å²) in [5.41, 5.74) is 5.84. The Morgan fingerprint density at radius 3 is 2.69 bits per heavy atom. The minimum absolute atomic E-state index is 0.526. The molecule has 164 valence electrons. The Balaban J connectivity index is 1.47. The minimum atomic E-state index is 0.526. The summed E-state index contributed by atoms with van der Waals surface area (Å²) in [5.74, 6) is 2.36. The van der Waals surface area contributed by atoms with Crippen LogP contribution in [-0.2, 0) is 19.4 Å². The van der Waals surface area contributed by atoms with E-state index in [1.54, 1.807) is 13.4 Å². The van der Waals surface area contributed by atoms with Gasteiger partial charge in [-0.25, -0.2) is 19.6 Å². The van der Waals surface area contributed by atoms with Crippen molar-refractivity contribution in [3.05, 3.63) is 59.8 Å². The van der Waals surface area contributed by atoms with E-state index >= 15 is 0 Å². The van der Waals surface area contributed by atoms with E-state index < -0.39 is 0 Å². The SMILES string of the molecule is CCn1nc2c(c1Nc1cccc(-c3ccc(-n4cnc(C)c4)c(OC)n3)n1)CCCC2. The molecular weight excluding hydrogens is 402 g/mol. The number of pyridine rings is 2. The van der Waals surface area contributed by atoms with Crippen LogP contribution in [0.1, 0.15) is 36.7 Å². The fraction of sp³-hybridized carbons (Fsp3) is 0.333. The Hall–Kier alpha value is -3.68. The smallest absolute Gasteiger partial charge is 0.238 e. The lowest BCUT2D eigenvalue weighted by molar-refractivity contribution is 0.396. The number of nitrogens with one attached hydrogen (secondary N) is 1. The van der Waals surface area contributed by atoms with E-state index in [9.17, 15) is 0 Å². The molecule has 0 saturated heterocycles. The fourth-order valence-corrected chi connectivity index (χ4v) is 4.22. The number of nitrogens with zero attached hydrogens (tertiary/aromatic N) is 6. The van der Waals surface area contributed by atoms with Gasteiger partial charge in [0.1, 0.15) is 17.3 Å². The molecular formula is C24H27N7O. The Morgan fingerprint density at radius 1 is 1.06 bits per heavy atom. The molecule has 0 aromatic carbocycles. The normalized spacial score (nSPS) is 13.1. The maximum absolute atomic E-state index is 5.56. The molecule has 1 aliphatic rings. The number of hydrogen-bond donors (Lipinski definition) is 1. The van der Waals surface area contributed by atoms with Crippen LogP contribution in [0.2, 0.25) is 0 Å². The first-order chi connectivity index (χ1) is 15.7. The van der Waals surface area contributed by atoms with Crippen molar-refractivity contribution in [1.82, 2.24) is 29.3 Å². The Kier molecular flexibility index (Phi) is 5.34. The third kappa shape index (κ3) is 3.72. The Morgan fingerprint density at radius 2 is 1.91 bits per heavy atom. The van der Waals surface area contributed by atoms with Crippen molar-refractivity contribution in [2.24, 2.45) is 0 Å². The quantitative estimate of drug-likeness (QED) is 0.486. The van der Waals surface area contributed by atoms with Crippen LogP contribution >= 0.6 is 0 Å². The summed E-state index contributed by atoms with van der Waals surface area (Å²) >= 11 is 0. The van der Waals surface area contributed by atoms with Crippen molar-refractivity contribution in [2.75, 3.05) is 12.4 Å². The van der Waals surface area contributed by atoms with E-state index in [1.165, 1.54) is 24.1 Å². The van der Waals surface area contributed by atoms with E-state index in [2.05, 4.69) is 17.2 Å². The second-order valence-corrected chi connectivity index (χ2v) is 7.98. The molecule has 4 aromatic rings. The summed E-state index contributed by atoms with van der Waals surface area (Å²) in [5, 5.41) is 8.33. The highest BCUT2D eigenvalue weighted by molar-refractivity contribution is 5.64. The van der Waals surface area contributed by atoms with Crippen molar-refractivity contribution in [2.45, 2.75) is 46.1 Å². The standard InChI is InChI=1S/C24H27N7O/c1-4-31-23(17-8-5-6-9-18(17)29-31)28-22-11-7-10-19(26-22)20-12-13-21(24(27-20)32-3)30-14-16(2)25-15-30/h7,10-15H,4-6,8-9H2,1-3H3,(H,26,28). The topological polar surface area (TPSA) is 82.7 Å². The summed E-state index contributed by atoms with van der Waals surface area (Å²) in [6.07, 6.45) is 8.23. The third-order valence-corrected chi connectivity index (χ3v) is 5.81. The molecule has 0 unspecified atom stereocenters. The van der Waals surface area contributed by atoms with Crippen LogP contribution < -0.4 is 10.1 Å². The first-order valence-electron chi connectivity index (χ1n) is 11.0. The molecule has 0 aliphatic heterocycles. The molecule has 0 amide bonds. The van der Waals surface area contributed by atoms with Gasteiger partial charge in [0, 0.05) is 18.3 Å². The van der Waals surface area contributed by atoms with Gasteiger partial charge in [-0.3, -0.25) is 0 Å². The molecule has 0 bridgehead atoms. The zero-order chi connectivity index (χ0) is 22.1. The van der Waals surface area contributed by atoms with Gasteiger partial charge in [-0.15, -0.1) is 0 Å². The highest BCUT2D eigenvalue weighted by Gasteiger charge is 2.20. The second-order valence-electron chi connectivity index (χ2n) is 7.98. The molecule has 0 radical (unpaired) electrons. The van der Waals surface area contributed by atoms with Crippen molar-refractivity contribution in [3.63, 3.8) is 0 Å². The number of imidazole rings is 1. The van der Waals surface area contributed by atoms with Crippen LogP contribution in [0.3, 0.4) is 0 Å². The van der Waals surface area contributed by atoms with Gasteiger partial charge in [0.05, 0.1) is 36.2 Å². The number of ether oxygens (including phenoxy) is 1. The number of aromatic nitrogens is 6. The number of anilines is 2. The molecule has 0 atom stereocenters. The monoisotopic (exact) mass is 429 g/mol. The summed E-state index contributed by atoms with van der Waals surface area (Å²) in [4.78, 5) is 13.8. The van der Waals surface area contributed by atoms with Gasteiger partial charge in [-0.05, 0) is 63.8 Å². The molecule has 4 aromatic heterocycles. The molecule has 0 fully saturated rings. The average molecular weight is 430 g/mol.